The maximum atomic E-state index is 13.3. The molecule has 4 heterocycles. The molecule has 7 amide bonds. The SMILES string of the molecule is Nc1cc(C(=O)N2C[C@H](O)C[C@H]2C(=O)NCc2ccc(Cl)cc2)ccc1Cl.O=C(CCc1ccc(Cl)cc1)[C@@H]1C[C@@H](O)CN1C(=O)Cc1cccc(C(F)(F)F)c1.O=C(NCc1ccc(Cl)cc1)[C@@H]1C[C@@H](O)CN1C(=O)c1cccc(-c2ccc(CO)cc2)c1.O=C(NCc1ccc(Cl)cc1)[C@@H]1C[C@@H](O)CN1C(=O)c1cccc(-c2cccc(CO)c2)c1. The third-order valence-electron chi connectivity index (χ3n) is 21.2. The number of ketones is 1. The minimum absolute atomic E-state index is 0.00482. The van der Waals surface area contributed by atoms with E-state index < -0.39 is 66.2 Å². The molecule has 0 aromatic heterocycles. The van der Waals surface area contributed by atoms with Gasteiger partial charge in [-0.05, 0) is 171 Å². The predicted octanol–water partition coefficient (Wildman–Crippen LogP) is 13.3. The van der Waals surface area contributed by atoms with Crippen molar-refractivity contribution in [2.45, 2.75) is 133 Å². The molecule has 4 saturated heterocycles. The minimum atomic E-state index is -4.50. The molecule has 8 atom stereocenters. The van der Waals surface area contributed by atoms with Crippen LogP contribution in [0.2, 0.25) is 25.1 Å². The largest absolute Gasteiger partial charge is 0.416 e. The van der Waals surface area contributed by atoms with Gasteiger partial charge in [0.2, 0.25) is 23.6 Å². The number of nitrogens with zero attached hydrogens (tertiary/aromatic N) is 4. The van der Waals surface area contributed by atoms with E-state index in [2.05, 4.69) is 16.0 Å². The first-order chi connectivity index (χ1) is 58.9. The summed E-state index contributed by atoms with van der Waals surface area (Å²) in [6.45, 7) is 1.11. The van der Waals surface area contributed by atoms with Crippen molar-refractivity contribution in [3.05, 3.63) is 323 Å². The Bertz CT molecular complexity index is 5370. The monoisotopic (exact) mass is 1770 g/mol. The third kappa shape index (κ3) is 25.8. The number of aryl methyl sites for hydroxylation is 1. The van der Waals surface area contributed by atoms with Gasteiger partial charge in [0, 0.05) is 115 Å². The van der Waals surface area contributed by atoms with Gasteiger partial charge < -0.3 is 71.9 Å². The molecule has 642 valence electrons. The Balaban J connectivity index is 0.000000160. The number of hydrogen-bond acceptors (Lipinski definition) is 15. The van der Waals surface area contributed by atoms with Gasteiger partial charge >= 0.3 is 6.18 Å². The average Bonchev–Trinajstić information content (AvgIpc) is 1.74. The molecule has 10 aromatic rings. The molecule has 4 aliphatic rings. The van der Waals surface area contributed by atoms with Crippen molar-refractivity contribution in [2.75, 3.05) is 31.9 Å². The van der Waals surface area contributed by atoms with E-state index in [1.165, 1.54) is 43.9 Å². The highest BCUT2D eigenvalue weighted by Gasteiger charge is 2.43. The molecule has 4 fully saturated rings. The van der Waals surface area contributed by atoms with Gasteiger partial charge in [0.1, 0.15) is 18.1 Å². The van der Waals surface area contributed by atoms with Crippen molar-refractivity contribution in [3.63, 3.8) is 0 Å². The van der Waals surface area contributed by atoms with Crippen molar-refractivity contribution in [1.29, 1.82) is 0 Å². The second kappa shape index (κ2) is 43.3. The molecule has 11 N–H and O–H groups in total. The number of nitrogen functional groups attached to an aromatic ring is 1. The number of alkyl halides is 3. The van der Waals surface area contributed by atoms with Crippen molar-refractivity contribution in [2.24, 2.45) is 0 Å². The molecule has 4 aliphatic heterocycles. The van der Waals surface area contributed by atoms with Gasteiger partial charge in [-0.1, -0.05) is 191 Å². The fraction of sp³-hybridized carbons (Fsp3) is 0.269. The summed E-state index contributed by atoms with van der Waals surface area (Å²) in [6.07, 6.45) is -6.51. The van der Waals surface area contributed by atoms with Crippen LogP contribution in [0.4, 0.5) is 18.9 Å². The van der Waals surface area contributed by atoms with Gasteiger partial charge in [-0.25, -0.2) is 0 Å². The first-order valence-corrected chi connectivity index (χ1v) is 41.4. The van der Waals surface area contributed by atoms with E-state index >= 15 is 0 Å². The van der Waals surface area contributed by atoms with Crippen LogP contribution < -0.4 is 21.7 Å². The molecule has 0 spiro atoms. The second-order valence-electron chi connectivity index (χ2n) is 30.2. The average molecular weight is 1780 g/mol. The number of aliphatic hydroxyl groups excluding tert-OH is 6. The third-order valence-corrected chi connectivity index (χ3v) is 22.5. The maximum Gasteiger partial charge on any atom is 0.416 e. The molecule has 22 nitrogen and oxygen atoms in total. The number of amides is 7. The quantitative estimate of drug-likeness (QED) is 0.0282. The number of halogens is 8. The second-order valence-corrected chi connectivity index (χ2v) is 32.3. The lowest BCUT2D eigenvalue weighted by molar-refractivity contribution is -0.138. The van der Waals surface area contributed by atoms with Gasteiger partial charge in [0.15, 0.2) is 5.78 Å². The Labute approximate surface area is 733 Å². The first-order valence-electron chi connectivity index (χ1n) is 39.5. The number of Topliss-reactive ketones (excluding diaryl/α,β-unsaturated/α-hetero) is 1. The number of carbonyl (C=O) groups excluding carboxylic acids is 8. The molecule has 0 aliphatic carbocycles. The summed E-state index contributed by atoms with van der Waals surface area (Å²) in [5, 5.41) is 70.3. The number of anilines is 1. The first kappa shape index (κ1) is 92.7. The minimum Gasteiger partial charge on any atom is -0.398 e. The van der Waals surface area contributed by atoms with Crippen LogP contribution in [-0.2, 0) is 75.8 Å². The van der Waals surface area contributed by atoms with Gasteiger partial charge in [-0.3, -0.25) is 38.4 Å². The lowest BCUT2D eigenvalue weighted by Crippen LogP contribution is -2.45. The highest BCUT2D eigenvalue weighted by Crippen LogP contribution is 2.33. The lowest BCUT2D eigenvalue weighted by Gasteiger charge is -2.24. The zero-order valence-corrected chi connectivity index (χ0v) is 70.1. The normalized spacial score (nSPS) is 18.4. The van der Waals surface area contributed by atoms with Crippen LogP contribution in [0.5, 0.6) is 0 Å². The number of benzene rings is 10. The van der Waals surface area contributed by atoms with E-state index in [9.17, 15) is 82.2 Å². The van der Waals surface area contributed by atoms with E-state index in [0.717, 1.165) is 67.8 Å². The fourth-order valence-corrected chi connectivity index (χ4v) is 15.3. The molecule has 123 heavy (non-hydrogen) atoms. The van der Waals surface area contributed by atoms with Gasteiger partial charge in [-0.15, -0.1) is 0 Å². The summed E-state index contributed by atoms with van der Waals surface area (Å²) in [4.78, 5) is 109. The summed E-state index contributed by atoms with van der Waals surface area (Å²) in [7, 11) is 0. The number of β-amino-alcohol motifs (C(OH)–C–C–N with tert-alkyl or cyclic N) is 4. The van der Waals surface area contributed by atoms with Crippen molar-refractivity contribution >= 4 is 111 Å². The summed E-state index contributed by atoms with van der Waals surface area (Å²) in [5.41, 5.74) is 15.3. The number of hydrogen-bond donors (Lipinski definition) is 10. The Morgan fingerprint density at radius 1 is 0.374 bits per heavy atom. The Morgan fingerprint density at radius 2 is 0.732 bits per heavy atom. The standard InChI is InChI=1S/2C26H25ClN2O4.C22H21ClF3NO3.C19H19Cl2N3O3/c27-22-9-7-17(8-10-22)14-28-25(32)24-13-23(31)15-29(24)26(33)21-6-2-5-20(12-21)19-4-1-3-18(11-19)16-30;27-22-10-6-17(7-11-22)14-28-25(32)24-13-23(31)15-29(24)26(33)21-3-1-2-20(12-21)19-8-4-18(16-30)5-9-19;23-17-7-4-14(5-8-17)6-9-20(29)19-12-18(28)13-27(19)21(30)11-15-2-1-3-16(10-15)22(24,25)26;20-13-4-1-11(2-5-13)9-23-18(26)17-8-14(25)10-24(17)19(27)12-3-6-15(21)16(22)7-12/h2*1-12,23-24,30-31H,13-16H2,(H,28,32);1-5,7-8,10,18-19,28H,6,9,11-13H2;1-7,14,17,25H,8-10,22H2,(H,23,26)/t2*23-,24+;18-,19+;14-,17+/m1111/s1. The van der Waals surface area contributed by atoms with Gasteiger partial charge in [-0.2, -0.15) is 13.2 Å². The lowest BCUT2D eigenvalue weighted by atomic mass is 10.0. The number of rotatable bonds is 22. The van der Waals surface area contributed by atoms with E-state index in [4.69, 9.17) is 63.7 Å². The van der Waals surface area contributed by atoms with Crippen molar-refractivity contribution in [1.82, 2.24) is 35.6 Å². The van der Waals surface area contributed by atoms with Crippen molar-refractivity contribution < 1.29 is 82.2 Å². The number of nitrogens with two attached hydrogens (primary N) is 1. The predicted molar refractivity (Wildman–Crippen MR) is 464 cm³/mol. The Hall–Kier alpha value is -11.0. The maximum absolute atomic E-state index is 13.3. The zero-order chi connectivity index (χ0) is 88.2. The molecule has 0 saturated carbocycles. The van der Waals surface area contributed by atoms with Crippen LogP contribution in [0, 0.1) is 0 Å². The summed E-state index contributed by atoms with van der Waals surface area (Å²) in [5.74, 6) is -2.56. The van der Waals surface area contributed by atoms with Crippen LogP contribution in [0.3, 0.4) is 0 Å². The van der Waals surface area contributed by atoms with Crippen LogP contribution in [0.1, 0.15) is 108 Å². The highest BCUT2D eigenvalue weighted by molar-refractivity contribution is 6.33. The van der Waals surface area contributed by atoms with E-state index in [-0.39, 0.29) is 130 Å². The molecule has 30 heteroatoms. The molecule has 0 bridgehead atoms. The fourth-order valence-electron chi connectivity index (χ4n) is 14.7. The molecule has 0 radical (unpaired) electrons. The van der Waals surface area contributed by atoms with E-state index in [0.29, 0.717) is 67.9 Å². The molecule has 0 unspecified atom stereocenters. The Kier molecular flexibility index (Phi) is 32.6. The van der Waals surface area contributed by atoms with Crippen LogP contribution in [-0.4, -0.2) is 172 Å². The smallest absolute Gasteiger partial charge is 0.398 e. The van der Waals surface area contributed by atoms with Crippen molar-refractivity contribution in [3.8, 4) is 22.3 Å². The number of carbonyl (C=O) groups is 8. The molecular weight excluding hydrogens is 1690 g/mol. The Morgan fingerprint density at radius 3 is 1.15 bits per heavy atom. The number of nitrogens with one attached hydrogen (secondary N) is 3. The van der Waals surface area contributed by atoms with Crippen LogP contribution in [0.15, 0.2) is 237 Å². The molecular formula is C93H90Cl5F3N8O14. The zero-order valence-electron chi connectivity index (χ0n) is 66.3. The molecule has 10 aromatic carbocycles. The topological polar surface area (TPSA) is 333 Å². The van der Waals surface area contributed by atoms with Crippen LogP contribution in [0.25, 0.3) is 22.3 Å². The molecule has 14 rings (SSSR count). The number of aliphatic hydroxyl groups is 6. The highest BCUT2D eigenvalue weighted by atomic mass is 35.5. The number of likely N-dealkylation sites (tertiary alicyclic amines) is 4. The van der Waals surface area contributed by atoms with E-state index in [1.807, 2.05) is 109 Å². The summed E-state index contributed by atoms with van der Waals surface area (Å²) < 4.78 is 38.7. The van der Waals surface area contributed by atoms with Gasteiger partial charge in [0.05, 0.1) is 66.4 Å². The van der Waals surface area contributed by atoms with Gasteiger partial charge in [0.25, 0.3) is 17.7 Å². The van der Waals surface area contributed by atoms with E-state index in [1.54, 1.807) is 91.0 Å². The summed E-state index contributed by atoms with van der Waals surface area (Å²) >= 11 is 29.4. The van der Waals surface area contributed by atoms with Crippen LogP contribution >= 0.6 is 58.0 Å². The summed E-state index contributed by atoms with van der Waals surface area (Å²) in [6, 6.07) is 63.9.